The molecule has 138 valence electrons. The number of nitro benzene ring substituents is 1. The van der Waals surface area contributed by atoms with Gasteiger partial charge >= 0.3 is 5.97 Å². The highest BCUT2D eigenvalue weighted by molar-refractivity contribution is 5.94. The number of carboxylic acid groups (broad SMARTS) is 1. The number of aliphatic carboxylic acids is 1. The molecule has 25 heavy (non-hydrogen) atoms. The molecule has 1 aromatic carbocycles. The Morgan fingerprint density at radius 1 is 0.920 bits per heavy atom. The molecule has 0 heterocycles. The predicted octanol–water partition coefficient (Wildman–Crippen LogP) is 3.92. The van der Waals surface area contributed by atoms with Gasteiger partial charge in [0.2, 0.25) is 0 Å². The minimum atomic E-state index is -0.726. The maximum atomic E-state index is 11.9. The summed E-state index contributed by atoms with van der Waals surface area (Å²) in [6.45, 7) is 0.592. The van der Waals surface area contributed by atoms with Crippen molar-refractivity contribution in [3.05, 3.63) is 39.9 Å². The summed E-state index contributed by atoms with van der Waals surface area (Å²) in [6.07, 6.45) is 8.35. The first kappa shape index (κ1) is 20.6. The highest BCUT2D eigenvalue weighted by Gasteiger charge is 2.08. The molecule has 0 fully saturated rings. The smallest absolute Gasteiger partial charge is 0.303 e. The number of carbonyl (C=O) groups excluding carboxylic acids is 1. The molecule has 0 aliphatic heterocycles. The van der Waals surface area contributed by atoms with E-state index >= 15 is 0 Å². The Balaban J connectivity index is 2.01. The first-order valence-corrected chi connectivity index (χ1v) is 8.75. The zero-order chi connectivity index (χ0) is 18.5. The predicted molar refractivity (Wildman–Crippen MR) is 94.6 cm³/mol. The number of hydrogen-bond donors (Lipinski definition) is 2. The zero-order valence-corrected chi connectivity index (χ0v) is 14.4. The lowest BCUT2D eigenvalue weighted by atomic mass is 10.1. The normalized spacial score (nSPS) is 10.4. The van der Waals surface area contributed by atoms with Gasteiger partial charge in [-0.25, -0.2) is 0 Å². The first-order chi connectivity index (χ1) is 12.0. The summed E-state index contributed by atoms with van der Waals surface area (Å²) in [5.74, 6) is -0.941. The molecular weight excluding hydrogens is 324 g/mol. The molecule has 1 aromatic rings. The van der Waals surface area contributed by atoms with Crippen LogP contribution in [0.5, 0.6) is 0 Å². The van der Waals surface area contributed by atoms with Crippen molar-refractivity contribution in [3.63, 3.8) is 0 Å². The van der Waals surface area contributed by atoms with E-state index in [9.17, 15) is 19.7 Å². The number of nitrogens with one attached hydrogen (secondary N) is 1. The molecule has 0 aromatic heterocycles. The van der Waals surface area contributed by atoms with Crippen LogP contribution in [-0.4, -0.2) is 28.5 Å². The van der Waals surface area contributed by atoms with E-state index in [1.54, 1.807) is 0 Å². The maximum absolute atomic E-state index is 11.9. The van der Waals surface area contributed by atoms with Crippen LogP contribution in [-0.2, 0) is 4.79 Å². The number of carboxylic acids is 1. The average molecular weight is 350 g/mol. The number of carbonyl (C=O) groups is 2. The van der Waals surface area contributed by atoms with E-state index in [1.165, 1.54) is 24.3 Å². The lowest BCUT2D eigenvalue weighted by Crippen LogP contribution is -2.24. The Morgan fingerprint density at radius 2 is 1.44 bits per heavy atom. The second-order valence-electron chi connectivity index (χ2n) is 6.03. The molecule has 0 radical (unpaired) electrons. The van der Waals surface area contributed by atoms with E-state index in [2.05, 4.69) is 5.32 Å². The fraction of sp³-hybridized carbons (Fsp3) is 0.556. The Bertz CT molecular complexity index is 557. The molecule has 0 atom stereocenters. The Kier molecular flexibility index (Phi) is 9.89. The van der Waals surface area contributed by atoms with Gasteiger partial charge in [0.1, 0.15) is 0 Å². The van der Waals surface area contributed by atoms with Crippen LogP contribution in [0.1, 0.15) is 68.1 Å². The van der Waals surface area contributed by atoms with Crippen LogP contribution in [0.25, 0.3) is 0 Å². The van der Waals surface area contributed by atoms with Gasteiger partial charge in [0.15, 0.2) is 0 Å². The van der Waals surface area contributed by atoms with Crippen molar-refractivity contribution in [1.29, 1.82) is 0 Å². The van der Waals surface area contributed by atoms with Crippen molar-refractivity contribution in [2.75, 3.05) is 6.54 Å². The Hall–Kier alpha value is -2.44. The quantitative estimate of drug-likeness (QED) is 0.318. The molecule has 0 saturated heterocycles. The van der Waals surface area contributed by atoms with Crippen LogP contribution in [0.3, 0.4) is 0 Å². The number of hydrogen-bond acceptors (Lipinski definition) is 4. The Morgan fingerprint density at radius 3 is 1.96 bits per heavy atom. The van der Waals surface area contributed by atoms with Gasteiger partial charge in [0, 0.05) is 30.7 Å². The number of rotatable bonds is 13. The van der Waals surface area contributed by atoms with Crippen LogP contribution < -0.4 is 5.32 Å². The molecule has 0 spiro atoms. The van der Waals surface area contributed by atoms with Crippen LogP contribution in [0.4, 0.5) is 5.69 Å². The van der Waals surface area contributed by atoms with E-state index in [4.69, 9.17) is 5.11 Å². The topological polar surface area (TPSA) is 110 Å². The highest BCUT2D eigenvalue weighted by atomic mass is 16.6. The monoisotopic (exact) mass is 350 g/mol. The van der Waals surface area contributed by atoms with Crippen molar-refractivity contribution in [1.82, 2.24) is 5.32 Å². The molecule has 0 saturated carbocycles. The molecule has 7 nitrogen and oxygen atoms in total. The van der Waals surface area contributed by atoms with Crippen molar-refractivity contribution in [2.45, 2.75) is 57.8 Å². The first-order valence-electron chi connectivity index (χ1n) is 8.75. The van der Waals surface area contributed by atoms with Gasteiger partial charge in [0.25, 0.3) is 11.6 Å². The average Bonchev–Trinajstić information content (AvgIpc) is 2.59. The summed E-state index contributed by atoms with van der Waals surface area (Å²) in [4.78, 5) is 32.3. The maximum Gasteiger partial charge on any atom is 0.303 e. The zero-order valence-electron chi connectivity index (χ0n) is 14.4. The lowest BCUT2D eigenvalue weighted by Gasteiger charge is -2.05. The fourth-order valence-electron chi connectivity index (χ4n) is 2.50. The summed E-state index contributed by atoms with van der Waals surface area (Å²) >= 11 is 0. The summed E-state index contributed by atoms with van der Waals surface area (Å²) in [5.41, 5.74) is 0.395. The summed E-state index contributed by atoms with van der Waals surface area (Å²) in [7, 11) is 0. The van der Waals surface area contributed by atoms with Gasteiger partial charge in [0.05, 0.1) is 4.92 Å². The largest absolute Gasteiger partial charge is 0.481 e. The second kappa shape index (κ2) is 12.0. The number of amides is 1. The van der Waals surface area contributed by atoms with Gasteiger partial charge in [-0.05, 0) is 25.0 Å². The molecule has 0 unspecified atom stereocenters. The third-order valence-electron chi connectivity index (χ3n) is 3.94. The number of unbranched alkanes of at least 4 members (excludes halogenated alkanes) is 7. The second-order valence-corrected chi connectivity index (χ2v) is 6.03. The van der Waals surface area contributed by atoms with Crippen molar-refractivity contribution >= 4 is 17.6 Å². The van der Waals surface area contributed by atoms with E-state index in [0.29, 0.717) is 12.1 Å². The minimum absolute atomic E-state index is 0.0282. The van der Waals surface area contributed by atoms with E-state index in [-0.39, 0.29) is 18.0 Å². The third kappa shape index (κ3) is 9.44. The molecule has 0 aliphatic rings. The van der Waals surface area contributed by atoms with Crippen molar-refractivity contribution < 1.29 is 19.6 Å². The van der Waals surface area contributed by atoms with Gasteiger partial charge in [-0.3, -0.25) is 19.7 Å². The van der Waals surface area contributed by atoms with Crippen molar-refractivity contribution in [2.24, 2.45) is 0 Å². The van der Waals surface area contributed by atoms with Gasteiger partial charge in [-0.2, -0.15) is 0 Å². The van der Waals surface area contributed by atoms with Crippen LogP contribution in [0.2, 0.25) is 0 Å². The van der Waals surface area contributed by atoms with Gasteiger partial charge in [-0.1, -0.05) is 38.5 Å². The molecule has 7 heteroatoms. The van der Waals surface area contributed by atoms with E-state index in [1.807, 2.05) is 0 Å². The van der Waals surface area contributed by atoms with E-state index < -0.39 is 10.9 Å². The molecule has 1 amide bonds. The highest BCUT2D eigenvalue weighted by Crippen LogP contribution is 2.12. The SMILES string of the molecule is O=C(O)CCCCCCCCCCNC(=O)c1ccc([N+](=O)[O-])cc1. The summed E-state index contributed by atoms with van der Waals surface area (Å²) in [5, 5.41) is 21.9. The van der Waals surface area contributed by atoms with Gasteiger partial charge < -0.3 is 10.4 Å². The van der Waals surface area contributed by atoms with Crippen molar-refractivity contribution in [3.8, 4) is 0 Å². The number of non-ortho nitro benzene ring substituents is 1. The number of nitro groups is 1. The molecular formula is C18H26N2O5. The van der Waals surface area contributed by atoms with Crippen LogP contribution in [0.15, 0.2) is 24.3 Å². The van der Waals surface area contributed by atoms with E-state index in [0.717, 1.165) is 51.4 Å². The number of benzene rings is 1. The lowest BCUT2D eigenvalue weighted by molar-refractivity contribution is -0.384. The molecule has 1 rings (SSSR count). The van der Waals surface area contributed by atoms with Gasteiger partial charge in [-0.15, -0.1) is 0 Å². The molecule has 2 N–H and O–H groups in total. The Labute approximate surface area is 147 Å². The van der Waals surface area contributed by atoms with Crippen LogP contribution in [0, 0.1) is 10.1 Å². The third-order valence-corrected chi connectivity index (χ3v) is 3.94. The minimum Gasteiger partial charge on any atom is -0.481 e. The fourth-order valence-corrected chi connectivity index (χ4v) is 2.50. The number of nitrogens with zero attached hydrogens (tertiary/aromatic N) is 1. The van der Waals surface area contributed by atoms with Crippen LogP contribution >= 0.6 is 0 Å². The molecule has 0 bridgehead atoms. The molecule has 0 aliphatic carbocycles. The summed E-state index contributed by atoms with van der Waals surface area (Å²) < 4.78 is 0. The standard InChI is InChI=1S/C18H26N2O5/c21-17(22)9-7-5-3-1-2-4-6-8-14-19-18(23)15-10-12-16(13-11-15)20(24)25/h10-13H,1-9,14H2,(H,19,23)(H,21,22). The summed E-state index contributed by atoms with van der Waals surface area (Å²) in [6, 6.07) is 5.56.